The minimum absolute atomic E-state index is 0.0953. The van der Waals surface area contributed by atoms with Gasteiger partial charge < -0.3 is 0 Å². The molecule has 1 nitrogen and oxygen atoms in total. The van der Waals surface area contributed by atoms with Crippen LogP contribution in [0.1, 0.15) is 17.3 Å². The van der Waals surface area contributed by atoms with Crippen LogP contribution in [0.3, 0.4) is 0 Å². The van der Waals surface area contributed by atoms with Crippen LogP contribution in [0.4, 0.5) is 0 Å². The summed E-state index contributed by atoms with van der Waals surface area (Å²) in [5, 5.41) is 0. The molecule has 29 heavy (non-hydrogen) atoms. The van der Waals surface area contributed by atoms with E-state index in [9.17, 15) is 4.79 Å². The highest BCUT2D eigenvalue weighted by Gasteiger charge is 2.07. The van der Waals surface area contributed by atoms with Crippen molar-refractivity contribution in [2.75, 3.05) is 0 Å². The molecule has 0 atom stereocenters. The predicted molar refractivity (Wildman–Crippen MR) is 123 cm³/mol. The van der Waals surface area contributed by atoms with E-state index >= 15 is 0 Å². The van der Waals surface area contributed by atoms with E-state index in [1.165, 1.54) is 25.8 Å². The second kappa shape index (κ2) is 9.17. The number of hydrogen-bond acceptors (Lipinski definition) is 3. The highest BCUT2D eigenvalue weighted by atomic mass is 32.2. The molecule has 0 saturated carbocycles. The van der Waals surface area contributed by atoms with Gasteiger partial charge in [0.25, 0.3) is 0 Å². The Morgan fingerprint density at radius 1 is 0.586 bits per heavy atom. The van der Waals surface area contributed by atoms with E-state index < -0.39 is 0 Å². The minimum atomic E-state index is 0.0953. The number of rotatable bonds is 6. The maximum atomic E-state index is 11.4. The lowest BCUT2D eigenvalue weighted by Crippen LogP contribution is -1.90. The van der Waals surface area contributed by atoms with Crippen molar-refractivity contribution in [1.29, 1.82) is 0 Å². The van der Waals surface area contributed by atoms with Crippen molar-refractivity contribution in [3.8, 4) is 11.1 Å². The van der Waals surface area contributed by atoms with E-state index in [1.807, 2.05) is 30.3 Å². The van der Waals surface area contributed by atoms with Crippen LogP contribution in [0, 0.1) is 0 Å². The molecule has 0 radical (unpaired) electrons. The molecule has 0 unspecified atom stereocenters. The van der Waals surface area contributed by atoms with E-state index in [1.54, 1.807) is 30.4 Å². The molecule has 0 saturated heterocycles. The molecular weight excluding hydrogens is 392 g/mol. The Morgan fingerprint density at radius 2 is 1.14 bits per heavy atom. The van der Waals surface area contributed by atoms with E-state index in [0.717, 1.165) is 10.5 Å². The molecule has 4 aromatic carbocycles. The van der Waals surface area contributed by atoms with Gasteiger partial charge in [-0.3, -0.25) is 4.79 Å². The van der Waals surface area contributed by atoms with Crippen LogP contribution in [0.5, 0.6) is 0 Å². The zero-order valence-electron chi connectivity index (χ0n) is 16.0. The van der Waals surface area contributed by atoms with Gasteiger partial charge in [-0.15, -0.1) is 0 Å². The fraction of sp³-hybridized carbons (Fsp3) is 0.0385. The number of carbonyl (C=O) groups is 1. The van der Waals surface area contributed by atoms with Crippen molar-refractivity contribution >= 4 is 29.3 Å². The van der Waals surface area contributed by atoms with E-state index in [4.69, 9.17) is 0 Å². The lowest BCUT2D eigenvalue weighted by Gasteiger charge is -2.10. The van der Waals surface area contributed by atoms with E-state index in [2.05, 4.69) is 72.8 Å². The third-order valence-electron chi connectivity index (χ3n) is 4.52. The van der Waals surface area contributed by atoms with Crippen LogP contribution in [-0.4, -0.2) is 5.78 Å². The van der Waals surface area contributed by atoms with Crippen LogP contribution in [0.15, 0.2) is 123 Å². The smallest absolute Gasteiger partial charge is 0.159 e. The van der Waals surface area contributed by atoms with Gasteiger partial charge in [0.15, 0.2) is 5.78 Å². The molecule has 0 bridgehead atoms. The zero-order valence-corrected chi connectivity index (χ0v) is 17.7. The second-order valence-electron chi connectivity index (χ2n) is 6.62. The zero-order chi connectivity index (χ0) is 20.1. The van der Waals surface area contributed by atoms with Gasteiger partial charge in [-0.25, -0.2) is 0 Å². The summed E-state index contributed by atoms with van der Waals surface area (Å²) in [6.45, 7) is 1.59. The summed E-state index contributed by atoms with van der Waals surface area (Å²) in [7, 11) is 0. The van der Waals surface area contributed by atoms with Crippen LogP contribution in [0.2, 0.25) is 0 Å². The summed E-state index contributed by atoms with van der Waals surface area (Å²) >= 11 is 3.49. The molecule has 0 aliphatic rings. The van der Waals surface area contributed by atoms with Crippen molar-refractivity contribution in [3.63, 3.8) is 0 Å². The molecule has 142 valence electrons. The van der Waals surface area contributed by atoms with Crippen molar-refractivity contribution in [3.05, 3.63) is 109 Å². The lowest BCUT2D eigenvalue weighted by atomic mass is 10.1. The summed E-state index contributed by atoms with van der Waals surface area (Å²) in [5.41, 5.74) is 3.20. The van der Waals surface area contributed by atoms with E-state index in [0.29, 0.717) is 0 Å². The topological polar surface area (TPSA) is 17.1 Å². The summed E-state index contributed by atoms with van der Waals surface area (Å²) in [6.07, 6.45) is 0. The molecule has 4 rings (SSSR count). The summed E-state index contributed by atoms with van der Waals surface area (Å²) in [5.74, 6) is 0.0953. The van der Waals surface area contributed by atoms with Crippen molar-refractivity contribution in [2.45, 2.75) is 26.5 Å². The summed E-state index contributed by atoms with van der Waals surface area (Å²) in [4.78, 5) is 16.2. The molecule has 0 spiro atoms. The maximum Gasteiger partial charge on any atom is 0.159 e. The van der Waals surface area contributed by atoms with Gasteiger partial charge in [0.2, 0.25) is 0 Å². The Labute approximate surface area is 180 Å². The Morgan fingerprint density at radius 3 is 1.79 bits per heavy atom. The molecule has 4 aromatic rings. The molecule has 0 amide bonds. The highest BCUT2D eigenvalue weighted by Crippen LogP contribution is 2.37. The highest BCUT2D eigenvalue weighted by molar-refractivity contribution is 7.99. The van der Waals surface area contributed by atoms with Crippen LogP contribution in [0.25, 0.3) is 11.1 Å². The third-order valence-corrected chi connectivity index (χ3v) is 6.62. The van der Waals surface area contributed by atoms with Crippen LogP contribution < -0.4 is 0 Å². The predicted octanol–water partition coefficient (Wildman–Crippen LogP) is 7.86. The number of benzene rings is 4. The summed E-state index contributed by atoms with van der Waals surface area (Å²) in [6, 6.07) is 35.4. The minimum Gasteiger partial charge on any atom is -0.295 e. The molecule has 0 N–H and O–H groups in total. The first-order chi connectivity index (χ1) is 14.2. The molecule has 0 aromatic heterocycles. The first-order valence-electron chi connectivity index (χ1n) is 9.40. The van der Waals surface area contributed by atoms with Gasteiger partial charge in [-0.05, 0) is 60.5 Å². The molecule has 0 aliphatic heterocycles. The number of hydrogen-bond donors (Lipinski definition) is 0. The van der Waals surface area contributed by atoms with E-state index in [-0.39, 0.29) is 5.78 Å². The fourth-order valence-electron chi connectivity index (χ4n) is 3.01. The number of Topliss-reactive ketones (excluding diaryl/α,β-unsaturated/α-hetero) is 1. The standard InChI is InChI=1S/C26H20OS2/c1-19(27)20-11-15-23(16-12-20)28-24-17-13-21(14-18-24)25-9-5-6-10-26(25)29-22-7-3-2-4-8-22/h2-18H,1H3. The van der Waals surface area contributed by atoms with Gasteiger partial charge in [0.1, 0.15) is 0 Å². The van der Waals surface area contributed by atoms with Crippen LogP contribution >= 0.6 is 23.5 Å². The largest absolute Gasteiger partial charge is 0.295 e. The first-order valence-corrected chi connectivity index (χ1v) is 11.0. The van der Waals surface area contributed by atoms with Crippen LogP contribution in [-0.2, 0) is 0 Å². The number of carbonyl (C=O) groups excluding carboxylic acids is 1. The average Bonchev–Trinajstić information content (AvgIpc) is 2.76. The Kier molecular flexibility index (Phi) is 6.18. The molecule has 0 heterocycles. The normalized spacial score (nSPS) is 10.7. The molecular formula is C26H20OS2. The van der Waals surface area contributed by atoms with Gasteiger partial charge in [-0.1, -0.05) is 84.2 Å². The van der Waals surface area contributed by atoms with Crippen molar-refractivity contribution < 1.29 is 4.79 Å². The monoisotopic (exact) mass is 412 g/mol. The average molecular weight is 413 g/mol. The van der Waals surface area contributed by atoms with Crippen molar-refractivity contribution in [2.24, 2.45) is 0 Å². The lowest BCUT2D eigenvalue weighted by molar-refractivity contribution is 0.101. The fourth-order valence-corrected chi connectivity index (χ4v) is 4.81. The van der Waals surface area contributed by atoms with Gasteiger partial charge in [-0.2, -0.15) is 0 Å². The Bertz CT molecular complexity index is 1100. The molecule has 0 fully saturated rings. The number of ketones is 1. The molecule has 0 aliphatic carbocycles. The maximum absolute atomic E-state index is 11.4. The Balaban J connectivity index is 1.53. The summed E-state index contributed by atoms with van der Waals surface area (Å²) < 4.78 is 0. The first kappa shape index (κ1) is 19.6. The van der Waals surface area contributed by atoms with Gasteiger partial charge in [0, 0.05) is 25.1 Å². The Hall–Kier alpha value is -2.75. The third kappa shape index (κ3) is 5.00. The van der Waals surface area contributed by atoms with Gasteiger partial charge >= 0.3 is 0 Å². The van der Waals surface area contributed by atoms with Crippen molar-refractivity contribution in [1.82, 2.24) is 0 Å². The second-order valence-corrected chi connectivity index (χ2v) is 8.88. The quantitative estimate of drug-likeness (QED) is 0.300. The molecule has 3 heteroatoms. The van der Waals surface area contributed by atoms with Gasteiger partial charge in [0.05, 0.1) is 0 Å². The SMILES string of the molecule is CC(=O)c1ccc(Sc2ccc(-c3ccccc3Sc3ccccc3)cc2)cc1.